The van der Waals surface area contributed by atoms with Gasteiger partial charge in [0.2, 0.25) is 10.0 Å². The van der Waals surface area contributed by atoms with Crippen LogP contribution in [-0.4, -0.2) is 24.7 Å². The summed E-state index contributed by atoms with van der Waals surface area (Å²) in [6, 6.07) is 5.49. The third-order valence-corrected chi connectivity index (χ3v) is 5.66. The summed E-state index contributed by atoms with van der Waals surface area (Å²) >= 11 is 0. The van der Waals surface area contributed by atoms with E-state index in [0.717, 1.165) is 54.8 Å². The molecule has 0 amide bonds. The third-order valence-electron chi connectivity index (χ3n) is 4.31. The molecule has 0 spiro atoms. The molecule has 1 aromatic heterocycles. The van der Waals surface area contributed by atoms with Gasteiger partial charge in [0.05, 0.1) is 23.6 Å². The maximum absolute atomic E-state index is 12.5. The molecule has 1 N–H and O–H groups in total. The van der Waals surface area contributed by atoms with Crippen LogP contribution >= 0.6 is 0 Å². The van der Waals surface area contributed by atoms with Gasteiger partial charge >= 0.3 is 6.18 Å². The molecule has 0 bridgehead atoms. The predicted molar refractivity (Wildman–Crippen MR) is 92.6 cm³/mol. The van der Waals surface area contributed by atoms with Crippen LogP contribution in [0.15, 0.2) is 35.1 Å². The van der Waals surface area contributed by atoms with Gasteiger partial charge in [-0.2, -0.15) is 18.3 Å². The van der Waals surface area contributed by atoms with Crippen molar-refractivity contribution in [3.63, 3.8) is 0 Å². The van der Waals surface area contributed by atoms with Gasteiger partial charge < -0.3 is 0 Å². The van der Waals surface area contributed by atoms with Gasteiger partial charge in [-0.25, -0.2) is 17.8 Å². The molecule has 0 atom stereocenters. The second kappa shape index (κ2) is 7.43. The highest BCUT2D eigenvalue weighted by atomic mass is 32.2. The molecule has 0 unspecified atom stereocenters. The van der Waals surface area contributed by atoms with Gasteiger partial charge in [-0.15, -0.1) is 0 Å². The van der Waals surface area contributed by atoms with Crippen molar-refractivity contribution >= 4 is 10.0 Å². The SMILES string of the molecule is O=c1cc2c(nn1CCNS(=O)(=O)Cc1ccc(C(F)(F)F)cc1)CCC2. The van der Waals surface area contributed by atoms with Gasteiger partial charge in [0, 0.05) is 12.6 Å². The minimum atomic E-state index is -4.47. The standard InChI is InChI=1S/C17H18F3N3O3S/c18-17(19,20)14-6-4-12(5-7-14)11-27(25,26)21-8-9-23-16(24)10-13-2-1-3-15(13)22-23/h4-7,10,21H,1-3,8-9,11H2. The molecule has 146 valence electrons. The van der Waals surface area contributed by atoms with Crippen molar-refractivity contribution in [2.75, 3.05) is 6.54 Å². The van der Waals surface area contributed by atoms with Crippen LogP contribution in [0.3, 0.4) is 0 Å². The second-order valence-electron chi connectivity index (χ2n) is 6.38. The smallest absolute Gasteiger partial charge is 0.268 e. The Morgan fingerprint density at radius 3 is 2.52 bits per heavy atom. The zero-order valence-corrected chi connectivity index (χ0v) is 15.1. The van der Waals surface area contributed by atoms with E-state index in [2.05, 4.69) is 9.82 Å². The van der Waals surface area contributed by atoms with Crippen LogP contribution in [0.2, 0.25) is 0 Å². The first kappa shape index (κ1) is 19.6. The summed E-state index contributed by atoms with van der Waals surface area (Å²) in [4.78, 5) is 12.0. The van der Waals surface area contributed by atoms with Crippen LogP contribution in [0.1, 0.15) is 28.8 Å². The number of aryl methyl sites for hydroxylation is 2. The molecular weight excluding hydrogens is 383 g/mol. The topological polar surface area (TPSA) is 81.1 Å². The summed E-state index contributed by atoms with van der Waals surface area (Å²) in [5, 5.41) is 4.25. The Bertz CT molecular complexity index is 983. The van der Waals surface area contributed by atoms with Gasteiger partial charge in [-0.05, 0) is 42.5 Å². The Balaban J connectivity index is 1.58. The average molecular weight is 401 g/mol. The molecule has 3 rings (SSSR count). The fourth-order valence-corrected chi connectivity index (χ4v) is 4.10. The van der Waals surface area contributed by atoms with Crippen molar-refractivity contribution in [3.05, 3.63) is 63.1 Å². The van der Waals surface area contributed by atoms with Gasteiger partial charge in [-0.1, -0.05) is 12.1 Å². The van der Waals surface area contributed by atoms with Gasteiger partial charge in [0.1, 0.15) is 0 Å². The largest absolute Gasteiger partial charge is 0.416 e. The third kappa shape index (κ3) is 4.95. The molecule has 0 fully saturated rings. The molecule has 27 heavy (non-hydrogen) atoms. The maximum atomic E-state index is 12.5. The number of nitrogens with one attached hydrogen (secondary N) is 1. The van der Waals surface area contributed by atoms with Crippen LogP contribution in [0, 0.1) is 0 Å². The number of alkyl halides is 3. The van der Waals surface area contributed by atoms with E-state index in [1.54, 1.807) is 0 Å². The van der Waals surface area contributed by atoms with E-state index >= 15 is 0 Å². The number of hydrogen-bond acceptors (Lipinski definition) is 4. The Morgan fingerprint density at radius 1 is 1.15 bits per heavy atom. The lowest BCUT2D eigenvalue weighted by molar-refractivity contribution is -0.137. The molecule has 0 aliphatic heterocycles. The number of nitrogens with zero attached hydrogens (tertiary/aromatic N) is 2. The number of sulfonamides is 1. The van der Waals surface area contributed by atoms with Gasteiger partial charge in [-0.3, -0.25) is 4.79 Å². The van der Waals surface area contributed by atoms with Crippen molar-refractivity contribution in [1.82, 2.24) is 14.5 Å². The maximum Gasteiger partial charge on any atom is 0.416 e. The summed E-state index contributed by atoms with van der Waals surface area (Å²) < 4.78 is 65.4. The molecule has 1 heterocycles. The molecule has 0 saturated heterocycles. The van der Waals surface area contributed by atoms with Crippen LogP contribution in [0.5, 0.6) is 0 Å². The number of aromatic nitrogens is 2. The summed E-state index contributed by atoms with van der Waals surface area (Å²) in [6.07, 6.45) is -1.88. The van der Waals surface area contributed by atoms with E-state index in [4.69, 9.17) is 0 Å². The normalized spacial score (nSPS) is 14.3. The summed E-state index contributed by atoms with van der Waals surface area (Å²) in [5.74, 6) is -0.447. The Hall–Kier alpha value is -2.20. The van der Waals surface area contributed by atoms with Crippen molar-refractivity contribution in [2.45, 2.75) is 37.7 Å². The zero-order chi connectivity index (χ0) is 19.7. The number of fused-ring (bicyclic) bond motifs is 1. The molecule has 10 heteroatoms. The second-order valence-corrected chi connectivity index (χ2v) is 8.19. The molecule has 0 radical (unpaired) electrons. The first-order valence-electron chi connectivity index (χ1n) is 8.37. The lowest BCUT2D eigenvalue weighted by Crippen LogP contribution is -2.33. The highest BCUT2D eigenvalue weighted by molar-refractivity contribution is 7.88. The van der Waals surface area contributed by atoms with Gasteiger partial charge in [0.15, 0.2) is 0 Å². The highest BCUT2D eigenvalue weighted by Crippen LogP contribution is 2.29. The lowest BCUT2D eigenvalue weighted by atomic mass is 10.1. The first-order valence-corrected chi connectivity index (χ1v) is 10.0. The minimum Gasteiger partial charge on any atom is -0.268 e. The number of hydrogen-bond donors (Lipinski definition) is 1. The van der Waals surface area contributed by atoms with E-state index in [1.165, 1.54) is 10.7 Å². The molecule has 0 saturated carbocycles. The number of benzene rings is 1. The molecule has 1 aromatic carbocycles. The quantitative estimate of drug-likeness (QED) is 0.801. The molecular formula is C17H18F3N3O3S. The van der Waals surface area contributed by atoms with E-state index in [-0.39, 0.29) is 24.2 Å². The van der Waals surface area contributed by atoms with Crippen LogP contribution in [-0.2, 0) is 41.3 Å². The van der Waals surface area contributed by atoms with E-state index < -0.39 is 27.5 Å². The Morgan fingerprint density at radius 2 is 1.85 bits per heavy atom. The fourth-order valence-electron chi connectivity index (χ4n) is 2.97. The van der Waals surface area contributed by atoms with Crippen molar-refractivity contribution in [1.29, 1.82) is 0 Å². The minimum absolute atomic E-state index is 0.0331. The van der Waals surface area contributed by atoms with Crippen LogP contribution in [0.4, 0.5) is 13.2 Å². The van der Waals surface area contributed by atoms with Crippen LogP contribution < -0.4 is 10.3 Å². The molecule has 2 aromatic rings. The average Bonchev–Trinajstić information content (AvgIpc) is 3.01. The predicted octanol–water partition coefficient (Wildman–Crippen LogP) is 1.87. The Labute approximate surface area is 154 Å². The molecule has 1 aliphatic carbocycles. The van der Waals surface area contributed by atoms with Crippen LogP contribution in [0.25, 0.3) is 0 Å². The first-order chi connectivity index (χ1) is 12.6. The Kier molecular flexibility index (Phi) is 5.38. The van der Waals surface area contributed by atoms with E-state index in [1.807, 2.05) is 0 Å². The summed E-state index contributed by atoms with van der Waals surface area (Å²) in [7, 11) is -3.75. The highest BCUT2D eigenvalue weighted by Gasteiger charge is 2.30. The van der Waals surface area contributed by atoms with Gasteiger partial charge in [0.25, 0.3) is 5.56 Å². The monoisotopic (exact) mass is 401 g/mol. The fraction of sp³-hybridized carbons (Fsp3) is 0.412. The lowest BCUT2D eigenvalue weighted by Gasteiger charge is -2.10. The molecule has 6 nitrogen and oxygen atoms in total. The van der Waals surface area contributed by atoms with E-state index in [0.29, 0.717) is 0 Å². The summed E-state index contributed by atoms with van der Waals surface area (Å²) in [5.41, 5.74) is 0.931. The zero-order valence-electron chi connectivity index (χ0n) is 14.3. The van der Waals surface area contributed by atoms with Crippen molar-refractivity contribution in [2.24, 2.45) is 0 Å². The number of rotatable bonds is 6. The van der Waals surface area contributed by atoms with E-state index in [9.17, 15) is 26.4 Å². The summed E-state index contributed by atoms with van der Waals surface area (Å²) in [6.45, 7) is 0.0486. The van der Waals surface area contributed by atoms with Crippen molar-refractivity contribution in [3.8, 4) is 0 Å². The van der Waals surface area contributed by atoms with Crippen molar-refractivity contribution < 1.29 is 21.6 Å². The number of halogens is 3. The molecule has 1 aliphatic rings.